The summed E-state index contributed by atoms with van der Waals surface area (Å²) in [5.41, 5.74) is 4.65. The first-order valence-corrected chi connectivity index (χ1v) is 9.26. The molecule has 0 saturated heterocycles. The fourth-order valence-electron chi connectivity index (χ4n) is 3.77. The number of benzene rings is 2. The summed E-state index contributed by atoms with van der Waals surface area (Å²) in [5, 5.41) is 0.893. The highest BCUT2D eigenvalue weighted by Gasteiger charge is 2.19. The van der Waals surface area contributed by atoms with E-state index in [9.17, 15) is 9.59 Å². The van der Waals surface area contributed by atoms with Gasteiger partial charge in [-0.05, 0) is 54.8 Å². The maximum absolute atomic E-state index is 12.7. The van der Waals surface area contributed by atoms with Gasteiger partial charge in [-0.25, -0.2) is 4.79 Å². The van der Waals surface area contributed by atoms with Crippen LogP contribution in [0.5, 0.6) is 0 Å². The van der Waals surface area contributed by atoms with Crippen LogP contribution in [-0.2, 0) is 6.42 Å². The number of aromatic nitrogens is 3. The molecule has 1 aliphatic rings. The zero-order valence-corrected chi connectivity index (χ0v) is 15.3. The summed E-state index contributed by atoms with van der Waals surface area (Å²) in [5.74, 6) is 0.183. The Hall–Kier alpha value is -2.73. The lowest BCUT2D eigenvalue weighted by Crippen LogP contribution is -2.17. The molecule has 0 unspecified atom stereocenters. The molecule has 0 radical (unpaired) electrons. The van der Waals surface area contributed by atoms with E-state index >= 15 is 0 Å². The molecule has 6 heteroatoms. The average molecular weight is 408 g/mol. The summed E-state index contributed by atoms with van der Waals surface area (Å²) in [4.78, 5) is 32.1. The number of fused-ring (bicyclic) bond motifs is 4. The number of ketones is 1. The Balaban J connectivity index is 1.84. The van der Waals surface area contributed by atoms with Gasteiger partial charge in [-0.2, -0.15) is 0 Å². The van der Waals surface area contributed by atoms with E-state index in [2.05, 4.69) is 25.9 Å². The zero-order valence-electron chi connectivity index (χ0n) is 13.8. The van der Waals surface area contributed by atoms with Crippen LogP contribution in [-0.4, -0.2) is 20.3 Å². The number of aromatic amines is 1. The van der Waals surface area contributed by atoms with Crippen LogP contribution in [0.15, 0.2) is 51.9 Å². The topological polar surface area (TPSA) is 67.8 Å². The molecule has 0 bridgehead atoms. The van der Waals surface area contributed by atoms with Gasteiger partial charge in [0.15, 0.2) is 5.78 Å². The van der Waals surface area contributed by atoms with Crippen LogP contribution in [0.25, 0.3) is 27.6 Å². The van der Waals surface area contributed by atoms with Crippen LogP contribution in [0.1, 0.15) is 28.8 Å². The Morgan fingerprint density at radius 2 is 1.96 bits per heavy atom. The number of hydrogen-bond acceptors (Lipinski definition) is 3. The number of carbonyl (C=O) groups is 1. The monoisotopic (exact) mass is 407 g/mol. The molecule has 2 aromatic carbocycles. The SMILES string of the molecule is O=C1CCCc2cc(-n3c(=O)[nH]c4cnc5ccc(Br)cc5c43)ccc21. The van der Waals surface area contributed by atoms with Crippen LogP contribution >= 0.6 is 15.9 Å². The molecule has 128 valence electrons. The van der Waals surface area contributed by atoms with Crippen LogP contribution < -0.4 is 5.69 Å². The van der Waals surface area contributed by atoms with Gasteiger partial charge in [0, 0.05) is 21.8 Å². The van der Waals surface area contributed by atoms with E-state index < -0.39 is 0 Å². The Kier molecular flexibility index (Phi) is 3.37. The van der Waals surface area contributed by atoms with Gasteiger partial charge in [0.2, 0.25) is 0 Å². The molecule has 0 spiro atoms. The molecule has 5 nitrogen and oxygen atoms in total. The van der Waals surface area contributed by atoms with E-state index in [0.29, 0.717) is 11.9 Å². The van der Waals surface area contributed by atoms with Gasteiger partial charge >= 0.3 is 5.69 Å². The maximum Gasteiger partial charge on any atom is 0.331 e. The molecule has 1 N–H and O–H groups in total. The van der Waals surface area contributed by atoms with Crippen molar-refractivity contribution in [2.24, 2.45) is 0 Å². The molecule has 26 heavy (non-hydrogen) atoms. The van der Waals surface area contributed by atoms with Crippen molar-refractivity contribution in [2.75, 3.05) is 0 Å². The fraction of sp³-hybridized carbons (Fsp3) is 0.150. The highest BCUT2D eigenvalue weighted by Crippen LogP contribution is 2.28. The molecule has 0 atom stereocenters. The fourth-order valence-corrected chi connectivity index (χ4v) is 4.14. The predicted molar refractivity (Wildman–Crippen MR) is 104 cm³/mol. The normalized spacial score (nSPS) is 14.1. The quantitative estimate of drug-likeness (QED) is 0.515. The molecule has 0 amide bonds. The number of H-pyrrole nitrogens is 1. The molecule has 0 saturated carbocycles. The number of nitrogens with zero attached hydrogens (tertiary/aromatic N) is 2. The summed E-state index contributed by atoms with van der Waals surface area (Å²) in [6.45, 7) is 0. The second-order valence-electron chi connectivity index (χ2n) is 6.57. The van der Waals surface area contributed by atoms with E-state index in [1.54, 1.807) is 10.8 Å². The second-order valence-corrected chi connectivity index (χ2v) is 7.48. The lowest BCUT2D eigenvalue weighted by atomic mass is 9.90. The predicted octanol–water partition coefficient (Wildman–Crippen LogP) is 4.15. The second kappa shape index (κ2) is 5.64. The minimum absolute atomic E-state index is 0.183. The van der Waals surface area contributed by atoms with Crippen molar-refractivity contribution in [3.8, 4) is 5.69 Å². The first-order valence-electron chi connectivity index (χ1n) is 8.47. The summed E-state index contributed by atoms with van der Waals surface area (Å²) in [7, 11) is 0. The summed E-state index contributed by atoms with van der Waals surface area (Å²) in [6, 6.07) is 11.5. The van der Waals surface area contributed by atoms with Gasteiger partial charge in [0.05, 0.1) is 28.4 Å². The van der Waals surface area contributed by atoms with Crippen LogP contribution in [0.2, 0.25) is 0 Å². The molecule has 0 fully saturated rings. The number of pyridine rings is 1. The van der Waals surface area contributed by atoms with Gasteiger partial charge in [-0.3, -0.25) is 14.3 Å². The van der Waals surface area contributed by atoms with Gasteiger partial charge < -0.3 is 4.98 Å². The van der Waals surface area contributed by atoms with Crippen molar-refractivity contribution < 1.29 is 4.79 Å². The molecule has 2 heterocycles. The molecule has 2 aromatic heterocycles. The molecular weight excluding hydrogens is 394 g/mol. The largest absolute Gasteiger partial charge is 0.331 e. The number of carbonyl (C=O) groups excluding carboxylic acids is 1. The van der Waals surface area contributed by atoms with Gasteiger partial charge in [-0.15, -0.1) is 0 Å². The Labute approximate surface area is 156 Å². The standard InChI is InChI=1S/C20H14BrN3O2/c21-12-4-7-16-15(9-12)19-17(10-22-16)23-20(26)24(19)13-5-6-14-11(8-13)2-1-3-18(14)25/h4-10H,1-3H2,(H,23,26). The number of Topliss-reactive ketones (excluding diaryl/α,β-unsaturated/α-hetero) is 1. The number of aryl methyl sites for hydroxylation is 1. The summed E-state index contributed by atoms with van der Waals surface area (Å²) < 4.78 is 2.60. The number of nitrogens with one attached hydrogen (secondary N) is 1. The number of rotatable bonds is 1. The Morgan fingerprint density at radius 3 is 2.85 bits per heavy atom. The van der Waals surface area contributed by atoms with E-state index in [-0.39, 0.29) is 11.5 Å². The third-order valence-electron chi connectivity index (χ3n) is 4.97. The van der Waals surface area contributed by atoms with Crippen molar-refractivity contribution in [3.63, 3.8) is 0 Å². The Morgan fingerprint density at radius 1 is 1.08 bits per heavy atom. The van der Waals surface area contributed by atoms with Crippen molar-refractivity contribution in [2.45, 2.75) is 19.3 Å². The van der Waals surface area contributed by atoms with Crippen molar-refractivity contribution in [3.05, 3.63) is 68.7 Å². The minimum atomic E-state index is -0.212. The van der Waals surface area contributed by atoms with E-state index in [4.69, 9.17) is 0 Å². The molecule has 4 aromatic rings. The summed E-state index contributed by atoms with van der Waals surface area (Å²) in [6.07, 6.45) is 4.01. The summed E-state index contributed by atoms with van der Waals surface area (Å²) >= 11 is 3.50. The van der Waals surface area contributed by atoms with Gasteiger partial charge in [-0.1, -0.05) is 15.9 Å². The lowest BCUT2D eigenvalue weighted by molar-refractivity contribution is 0.0972. The smallest absolute Gasteiger partial charge is 0.304 e. The molecule has 0 aliphatic heterocycles. The van der Waals surface area contributed by atoms with Crippen LogP contribution in [0.4, 0.5) is 0 Å². The van der Waals surface area contributed by atoms with Crippen molar-refractivity contribution in [1.29, 1.82) is 0 Å². The highest BCUT2D eigenvalue weighted by molar-refractivity contribution is 9.10. The number of imidazole rings is 1. The number of hydrogen-bond donors (Lipinski definition) is 1. The average Bonchev–Trinajstić information content (AvgIpc) is 2.98. The van der Waals surface area contributed by atoms with Crippen LogP contribution in [0.3, 0.4) is 0 Å². The van der Waals surface area contributed by atoms with Crippen molar-refractivity contribution in [1.82, 2.24) is 14.5 Å². The molecular formula is C20H14BrN3O2. The lowest BCUT2D eigenvalue weighted by Gasteiger charge is -2.16. The number of halogens is 1. The maximum atomic E-state index is 12.7. The minimum Gasteiger partial charge on any atom is -0.304 e. The van der Waals surface area contributed by atoms with Crippen LogP contribution in [0, 0.1) is 0 Å². The highest BCUT2D eigenvalue weighted by atomic mass is 79.9. The first-order chi connectivity index (χ1) is 12.6. The Bertz CT molecular complexity index is 1270. The van der Waals surface area contributed by atoms with Gasteiger partial charge in [0.25, 0.3) is 0 Å². The van der Waals surface area contributed by atoms with E-state index in [1.807, 2.05) is 36.4 Å². The van der Waals surface area contributed by atoms with Crippen molar-refractivity contribution >= 4 is 43.6 Å². The zero-order chi connectivity index (χ0) is 17.8. The third kappa shape index (κ3) is 2.25. The molecule has 5 rings (SSSR count). The van der Waals surface area contributed by atoms with E-state index in [0.717, 1.165) is 50.5 Å². The van der Waals surface area contributed by atoms with E-state index in [1.165, 1.54) is 0 Å². The first kappa shape index (κ1) is 15.5. The molecule has 1 aliphatic carbocycles. The van der Waals surface area contributed by atoms with Gasteiger partial charge in [0.1, 0.15) is 0 Å². The third-order valence-corrected chi connectivity index (χ3v) is 5.46.